The molecule has 94 valence electrons. The summed E-state index contributed by atoms with van der Waals surface area (Å²) in [6, 6.07) is 5.44. The van der Waals surface area contributed by atoms with Gasteiger partial charge in [0.1, 0.15) is 5.75 Å². The first-order valence-electron chi connectivity index (χ1n) is 5.38. The van der Waals surface area contributed by atoms with Crippen molar-refractivity contribution in [2.24, 2.45) is 0 Å². The maximum Gasteiger partial charge on any atom is 0.344 e. The molecule has 1 N–H and O–H groups in total. The fraction of sp³-hybridized carbons (Fsp3) is 0.417. The van der Waals surface area contributed by atoms with Gasteiger partial charge in [0.15, 0.2) is 6.61 Å². The van der Waals surface area contributed by atoms with E-state index < -0.39 is 5.97 Å². The second-order valence-corrected chi connectivity index (χ2v) is 3.80. The molecule has 0 saturated carbocycles. The number of halogens is 1. The van der Waals surface area contributed by atoms with Crippen LogP contribution in [0.25, 0.3) is 0 Å². The Morgan fingerprint density at radius 3 is 2.82 bits per heavy atom. The molecule has 4 nitrogen and oxygen atoms in total. The Balaban J connectivity index is 2.57. The van der Waals surface area contributed by atoms with Gasteiger partial charge in [-0.3, -0.25) is 0 Å². The van der Waals surface area contributed by atoms with Gasteiger partial charge in [-0.1, -0.05) is 17.7 Å². The van der Waals surface area contributed by atoms with Gasteiger partial charge in [-0.25, -0.2) is 4.79 Å². The molecule has 0 aromatic heterocycles. The summed E-state index contributed by atoms with van der Waals surface area (Å²) in [5, 5.41) is 3.51. The lowest BCUT2D eigenvalue weighted by Crippen LogP contribution is -2.14. The third kappa shape index (κ3) is 4.63. The summed E-state index contributed by atoms with van der Waals surface area (Å²) in [4.78, 5) is 11.1. The van der Waals surface area contributed by atoms with Crippen LogP contribution in [0.1, 0.15) is 12.5 Å². The highest BCUT2D eigenvalue weighted by Gasteiger charge is 2.06. The van der Waals surface area contributed by atoms with Crippen LogP contribution < -0.4 is 10.1 Å². The van der Waals surface area contributed by atoms with Gasteiger partial charge in [0.2, 0.25) is 0 Å². The topological polar surface area (TPSA) is 47.6 Å². The average molecular weight is 258 g/mol. The third-order valence-electron chi connectivity index (χ3n) is 2.03. The van der Waals surface area contributed by atoms with E-state index in [4.69, 9.17) is 21.1 Å². The van der Waals surface area contributed by atoms with Crippen LogP contribution in [-0.4, -0.2) is 26.2 Å². The van der Waals surface area contributed by atoms with E-state index in [0.29, 0.717) is 17.4 Å². The molecule has 0 aliphatic rings. The predicted octanol–water partition coefficient (Wildman–Crippen LogP) is 2.00. The SMILES string of the molecule is CCOC(=O)COc1ccc(CNC)cc1Cl. The van der Waals surface area contributed by atoms with Gasteiger partial charge >= 0.3 is 5.97 Å². The Labute approximate surface area is 106 Å². The first-order chi connectivity index (χ1) is 8.17. The zero-order valence-corrected chi connectivity index (χ0v) is 10.7. The van der Waals surface area contributed by atoms with Gasteiger partial charge in [0.25, 0.3) is 0 Å². The predicted molar refractivity (Wildman–Crippen MR) is 66.3 cm³/mol. The zero-order chi connectivity index (χ0) is 12.7. The lowest BCUT2D eigenvalue weighted by molar-refractivity contribution is -0.145. The summed E-state index contributed by atoms with van der Waals surface area (Å²) in [6.07, 6.45) is 0. The lowest BCUT2D eigenvalue weighted by Gasteiger charge is -2.09. The summed E-state index contributed by atoms with van der Waals surface area (Å²) in [5.74, 6) is 0.0856. The maximum absolute atomic E-state index is 11.1. The largest absolute Gasteiger partial charge is 0.480 e. The minimum absolute atomic E-state index is 0.126. The molecule has 0 fully saturated rings. The fourth-order valence-electron chi connectivity index (χ4n) is 1.31. The van der Waals surface area contributed by atoms with E-state index in [1.54, 1.807) is 19.1 Å². The summed E-state index contributed by atoms with van der Waals surface area (Å²) in [6.45, 7) is 2.70. The van der Waals surface area contributed by atoms with Gasteiger partial charge < -0.3 is 14.8 Å². The van der Waals surface area contributed by atoms with Crippen LogP contribution in [0, 0.1) is 0 Å². The summed E-state index contributed by atoms with van der Waals surface area (Å²) in [7, 11) is 1.86. The van der Waals surface area contributed by atoms with Gasteiger partial charge in [-0.05, 0) is 31.7 Å². The zero-order valence-electron chi connectivity index (χ0n) is 9.96. The molecule has 0 spiro atoms. The number of rotatable bonds is 6. The van der Waals surface area contributed by atoms with Crippen molar-refractivity contribution in [3.05, 3.63) is 28.8 Å². The fourth-order valence-corrected chi connectivity index (χ4v) is 1.57. The Morgan fingerprint density at radius 1 is 1.47 bits per heavy atom. The number of esters is 1. The van der Waals surface area contributed by atoms with Gasteiger partial charge in [0, 0.05) is 6.54 Å². The van der Waals surface area contributed by atoms with Crippen molar-refractivity contribution in [1.82, 2.24) is 5.32 Å². The van der Waals surface area contributed by atoms with Crippen molar-refractivity contribution in [1.29, 1.82) is 0 Å². The molecular formula is C12H16ClNO3. The lowest BCUT2D eigenvalue weighted by atomic mass is 10.2. The average Bonchev–Trinajstić information content (AvgIpc) is 2.29. The van der Waals surface area contributed by atoms with E-state index in [0.717, 1.165) is 12.1 Å². The quantitative estimate of drug-likeness (QED) is 0.792. The highest BCUT2D eigenvalue weighted by atomic mass is 35.5. The number of benzene rings is 1. The van der Waals surface area contributed by atoms with Crippen LogP contribution in [0.3, 0.4) is 0 Å². The van der Waals surface area contributed by atoms with E-state index in [2.05, 4.69) is 5.32 Å². The van der Waals surface area contributed by atoms with E-state index in [1.807, 2.05) is 13.1 Å². The van der Waals surface area contributed by atoms with E-state index >= 15 is 0 Å². The monoisotopic (exact) mass is 257 g/mol. The standard InChI is InChI=1S/C12H16ClNO3/c1-3-16-12(15)8-17-11-5-4-9(7-14-2)6-10(11)13/h4-6,14H,3,7-8H2,1-2H3. The molecule has 0 bridgehead atoms. The Kier molecular flexibility index (Phi) is 5.80. The minimum Gasteiger partial charge on any atom is -0.480 e. The molecule has 0 saturated heterocycles. The number of carbonyl (C=O) groups excluding carboxylic acids is 1. The normalized spacial score (nSPS) is 10.1. The summed E-state index contributed by atoms with van der Waals surface area (Å²) < 4.78 is 10.0. The number of ether oxygens (including phenoxy) is 2. The molecule has 1 aromatic carbocycles. The second kappa shape index (κ2) is 7.14. The third-order valence-corrected chi connectivity index (χ3v) is 2.32. The van der Waals surface area contributed by atoms with Crippen LogP contribution in [-0.2, 0) is 16.1 Å². The van der Waals surface area contributed by atoms with E-state index in [-0.39, 0.29) is 6.61 Å². The Hall–Kier alpha value is -1.26. The number of hydrogen-bond donors (Lipinski definition) is 1. The summed E-state index contributed by atoms with van der Waals surface area (Å²) in [5.41, 5.74) is 1.06. The Bertz CT molecular complexity index is 382. The van der Waals surface area contributed by atoms with Gasteiger partial charge in [0.05, 0.1) is 11.6 Å². The van der Waals surface area contributed by atoms with Crippen LogP contribution >= 0.6 is 11.6 Å². The number of nitrogens with one attached hydrogen (secondary N) is 1. The smallest absolute Gasteiger partial charge is 0.344 e. The second-order valence-electron chi connectivity index (χ2n) is 3.39. The number of hydrogen-bond acceptors (Lipinski definition) is 4. The number of carbonyl (C=O) groups is 1. The molecule has 0 heterocycles. The van der Waals surface area contributed by atoms with Gasteiger partial charge in [-0.15, -0.1) is 0 Å². The summed E-state index contributed by atoms with van der Waals surface area (Å²) >= 11 is 6.02. The van der Waals surface area contributed by atoms with Crippen molar-refractivity contribution in [3.8, 4) is 5.75 Å². The minimum atomic E-state index is -0.400. The van der Waals surface area contributed by atoms with Crippen LogP contribution in [0.5, 0.6) is 5.75 Å². The molecule has 0 radical (unpaired) electrons. The van der Waals surface area contributed by atoms with E-state index in [9.17, 15) is 4.79 Å². The Morgan fingerprint density at radius 2 is 2.24 bits per heavy atom. The molecule has 5 heteroatoms. The van der Waals surface area contributed by atoms with Crippen LogP contribution in [0.2, 0.25) is 5.02 Å². The van der Waals surface area contributed by atoms with Crippen LogP contribution in [0.15, 0.2) is 18.2 Å². The maximum atomic E-state index is 11.1. The van der Waals surface area contributed by atoms with Crippen molar-refractivity contribution < 1.29 is 14.3 Å². The molecule has 1 rings (SSSR count). The molecule has 0 amide bonds. The molecule has 0 aliphatic carbocycles. The van der Waals surface area contributed by atoms with E-state index in [1.165, 1.54) is 0 Å². The van der Waals surface area contributed by atoms with Crippen molar-refractivity contribution in [3.63, 3.8) is 0 Å². The van der Waals surface area contributed by atoms with Crippen LogP contribution in [0.4, 0.5) is 0 Å². The van der Waals surface area contributed by atoms with Crippen molar-refractivity contribution >= 4 is 17.6 Å². The molecule has 0 aliphatic heterocycles. The van der Waals surface area contributed by atoms with Crippen molar-refractivity contribution in [2.45, 2.75) is 13.5 Å². The first-order valence-corrected chi connectivity index (χ1v) is 5.76. The van der Waals surface area contributed by atoms with Gasteiger partial charge in [-0.2, -0.15) is 0 Å². The molecule has 0 unspecified atom stereocenters. The highest BCUT2D eigenvalue weighted by Crippen LogP contribution is 2.25. The van der Waals surface area contributed by atoms with Crippen molar-refractivity contribution in [2.75, 3.05) is 20.3 Å². The molecule has 0 atom stereocenters. The first kappa shape index (κ1) is 13.8. The molecular weight excluding hydrogens is 242 g/mol. The molecule has 17 heavy (non-hydrogen) atoms. The highest BCUT2D eigenvalue weighted by molar-refractivity contribution is 6.32. The molecule has 1 aromatic rings.